The second kappa shape index (κ2) is 8.44. The molecule has 0 saturated carbocycles. The maximum atomic E-state index is 14.2. The van der Waals surface area contributed by atoms with Crippen LogP contribution < -0.4 is 10.2 Å². The smallest absolute Gasteiger partial charge is 0.226 e. The van der Waals surface area contributed by atoms with Gasteiger partial charge in [0.1, 0.15) is 11.5 Å². The molecule has 1 aromatic rings. The summed E-state index contributed by atoms with van der Waals surface area (Å²) >= 11 is 0. The number of hydrogen-bond acceptors (Lipinski definition) is 4. The van der Waals surface area contributed by atoms with Crippen LogP contribution in [0.15, 0.2) is 18.2 Å². The van der Waals surface area contributed by atoms with E-state index in [4.69, 9.17) is 9.47 Å². The summed E-state index contributed by atoms with van der Waals surface area (Å²) in [6.07, 6.45) is 4.64. The largest absolute Gasteiger partial charge is 0.378 e. The molecular weight excluding hydrogens is 311 g/mol. The molecule has 1 N–H and O–H groups in total. The first-order valence-electron chi connectivity index (χ1n) is 8.76. The molecule has 5 nitrogen and oxygen atoms in total. The molecule has 1 aromatic carbocycles. The van der Waals surface area contributed by atoms with Gasteiger partial charge in [0.25, 0.3) is 0 Å². The predicted octanol–water partition coefficient (Wildman–Crippen LogP) is 2.95. The van der Waals surface area contributed by atoms with Gasteiger partial charge in [0, 0.05) is 19.7 Å². The van der Waals surface area contributed by atoms with Crippen molar-refractivity contribution in [2.24, 2.45) is 0 Å². The average molecular weight is 336 g/mol. The van der Waals surface area contributed by atoms with E-state index >= 15 is 0 Å². The summed E-state index contributed by atoms with van der Waals surface area (Å²) in [6, 6.07) is 4.92. The summed E-state index contributed by atoms with van der Waals surface area (Å²) in [5.41, 5.74) is 1.05. The zero-order valence-corrected chi connectivity index (χ0v) is 13.9. The van der Waals surface area contributed by atoms with E-state index in [2.05, 4.69) is 10.2 Å². The van der Waals surface area contributed by atoms with Crippen LogP contribution in [-0.4, -0.2) is 44.9 Å². The minimum atomic E-state index is -0.395. The Kier molecular flexibility index (Phi) is 6.04. The lowest BCUT2D eigenvalue weighted by Crippen LogP contribution is -2.23. The van der Waals surface area contributed by atoms with E-state index < -0.39 is 5.82 Å². The van der Waals surface area contributed by atoms with Gasteiger partial charge in [0.15, 0.2) is 0 Å². The summed E-state index contributed by atoms with van der Waals surface area (Å²) < 4.78 is 25.1. The first-order chi connectivity index (χ1) is 11.7. The average Bonchev–Trinajstić information content (AvgIpc) is 3.27. The molecular formula is C18H25FN2O3. The van der Waals surface area contributed by atoms with Gasteiger partial charge in [0.05, 0.1) is 31.4 Å². The number of halogens is 1. The molecule has 2 saturated heterocycles. The third-order valence-corrected chi connectivity index (χ3v) is 4.50. The highest BCUT2D eigenvalue weighted by Crippen LogP contribution is 2.31. The lowest BCUT2D eigenvalue weighted by atomic mass is 10.2. The minimum absolute atomic E-state index is 0.154. The van der Waals surface area contributed by atoms with Gasteiger partial charge in [-0.3, -0.25) is 4.79 Å². The fraction of sp³-hybridized carbons (Fsp3) is 0.611. The third-order valence-electron chi connectivity index (χ3n) is 4.50. The van der Waals surface area contributed by atoms with E-state index in [0.717, 1.165) is 51.1 Å². The quantitative estimate of drug-likeness (QED) is 0.778. The van der Waals surface area contributed by atoms with E-state index in [0.29, 0.717) is 13.2 Å². The summed E-state index contributed by atoms with van der Waals surface area (Å²) in [7, 11) is 0. The molecule has 0 radical (unpaired) electrons. The molecule has 2 heterocycles. The Balaban J connectivity index is 1.50. The second-order valence-electron chi connectivity index (χ2n) is 6.34. The lowest BCUT2D eigenvalue weighted by molar-refractivity contribution is -0.117. The zero-order valence-electron chi connectivity index (χ0n) is 13.9. The number of hydrogen-bond donors (Lipinski definition) is 1. The minimum Gasteiger partial charge on any atom is -0.378 e. The topological polar surface area (TPSA) is 50.8 Å². The van der Waals surface area contributed by atoms with Crippen molar-refractivity contribution in [3.05, 3.63) is 24.0 Å². The Morgan fingerprint density at radius 2 is 2.17 bits per heavy atom. The van der Waals surface area contributed by atoms with Gasteiger partial charge in [-0.2, -0.15) is 0 Å². The summed E-state index contributed by atoms with van der Waals surface area (Å²) in [4.78, 5) is 14.2. The molecule has 1 atom stereocenters. The van der Waals surface area contributed by atoms with Crippen molar-refractivity contribution in [1.29, 1.82) is 0 Å². The number of nitrogens with one attached hydrogen (secondary N) is 1. The number of carbonyl (C=O) groups is 1. The van der Waals surface area contributed by atoms with Crippen molar-refractivity contribution < 1.29 is 18.7 Å². The van der Waals surface area contributed by atoms with Crippen LogP contribution in [0.4, 0.5) is 15.8 Å². The van der Waals surface area contributed by atoms with Crippen molar-refractivity contribution in [3.63, 3.8) is 0 Å². The van der Waals surface area contributed by atoms with E-state index in [-0.39, 0.29) is 24.1 Å². The van der Waals surface area contributed by atoms with E-state index in [9.17, 15) is 9.18 Å². The molecule has 6 heteroatoms. The van der Waals surface area contributed by atoms with Gasteiger partial charge < -0.3 is 19.7 Å². The first kappa shape index (κ1) is 17.2. The van der Waals surface area contributed by atoms with Gasteiger partial charge in [0.2, 0.25) is 5.91 Å². The number of rotatable bonds is 7. The Morgan fingerprint density at radius 1 is 1.33 bits per heavy atom. The van der Waals surface area contributed by atoms with Crippen LogP contribution >= 0.6 is 0 Å². The maximum absolute atomic E-state index is 14.2. The van der Waals surface area contributed by atoms with Crippen LogP contribution in [-0.2, 0) is 14.3 Å². The fourth-order valence-corrected chi connectivity index (χ4v) is 3.22. The van der Waals surface area contributed by atoms with Crippen molar-refractivity contribution in [1.82, 2.24) is 0 Å². The Morgan fingerprint density at radius 3 is 2.92 bits per heavy atom. The van der Waals surface area contributed by atoms with Gasteiger partial charge in [-0.05, 0) is 37.8 Å². The molecule has 0 aromatic heterocycles. The predicted molar refractivity (Wildman–Crippen MR) is 90.9 cm³/mol. The number of nitrogens with zero attached hydrogens (tertiary/aromatic N) is 1. The Hall–Kier alpha value is -1.66. The van der Waals surface area contributed by atoms with Crippen molar-refractivity contribution in [2.45, 2.75) is 38.2 Å². The molecule has 0 spiro atoms. The molecule has 3 rings (SSSR count). The lowest BCUT2D eigenvalue weighted by Gasteiger charge is -2.22. The Bertz CT molecular complexity index is 555. The molecule has 1 amide bonds. The zero-order chi connectivity index (χ0) is 16.8. The molecule has 2 fully saturated rings. The SMILES string of the molecule is O=C(CCOC[C@@H]1CCCO1)Nc1c(F)cccc1N1CCCC1. The molecule has 0 unspecified atom stereocenters. The van der Waals surface area contributed by atoms with Crippen molar-refractivity contribution in [3.8, 4) is 0 Å². The molecule has 2 aliphatic heterocycles. The van der Waals surface area contributed by atoms with Crippen LogP contribution in [0, 0.1) is 5.82 Å². The maximum Gasteiger partial charge on any atom is 0.226 e. The van der Waals surface area contributed by atoms with Gasteiger partial charge >= 0.3 is 0 Å². The second-order valence-corrected chi connectivity index (χ2v) is 6.34. The third kappa shape index (κ3) is 4.45. The monoisotopic (exact) mass is 336 g/mol. The van der Waals surface area contributed by atoms with Crippen molar-refractivity contribution >= 4 is 17.3 Å². The van der Waals surface area contributed by atoms with Gasteiger partial charge in [-0.15, -0.1) is 0 Å². The number of anilines is 2. The van der Waals surface area contributed by atoms with E-state index in [1.807, 2.05) is 6.07 Å². The van der Waals surface area contributed by atoms with Crippen LogP contribution in [0.2, 0.25) is 0 Å². The molecule has 132 valence electrons. The highest BCUT2D eigenvalue weighted by molar-refractivity contribution is 5.94. The van der Waals surface area contributed by atoms with Crippen LogP contribution in [0.1, 0.15) is 32.1 Å². The fourth-order valence-electron chi connectivity index (χ4n) is 3.22. The number of benzene rings is 1. The number of ether oxygens (including phenoxy) is 2. The van der Waals surface area contributed by atoms with Crippen LogP contribution in [0.3, 0.4) is 0 Å². The van der Waals surface area contributed by atoms with E-state index in [1.165, 1.54) is 6.07 Å². The van der Waals surface area contributed by atoms with Gasteiger partial charge in [-0.25, -0.2) is 4.39 Å². The standard InChI is InChI=1S/C18H25FN2O3/c19-15-6-3-7-16(21-9-1-2-10-21)18(15)20-17(22)8-12-23-13-14-5-4-11-24-14/h3,6-7,14H,1-2,4-5,8-13H2,(H,20,22)/t14-/m0/s1. The summed E-state index contributed by atoms with van der Waals surface area (Å²) in [6.45, 7) is 3.43. The van der Waals surface area contributed by atoms with Crippen LogP contribution in [0.5, 0.6) is 0 Å². The molecule has 24 heavy (non-hydrogen) atoms. The van der Waals surface area contributed by atoms with E-state index in [1.54, 1.807) is 6.07 Å². The Labute approximate surface area is 142 Å². The van der Waals surface area contributed by atoms with Gasteiger partial charge in [-0.1, -0.05) is 6.07 Å². The highest BCUT2D eigenvalue weighted by Gasteiger charge is 2.20. The summed E-state index contributed by atoms with van der Waals surface area (Å²) in [5, 5.41) is 2.72. The van der Waals surface area contributed by atoms with Crippen LogP contribution in [0.25, 0.3) is 0 Å². The molecule has 2 aliphatic rings. The number of amides is 1. The highest BCUT2D eigenvalue weighted by atomic mass is 19.1. The summed E-state index contributed by atoms with van der Waals surface area (Å²) in [5.74, 6) is -0.624. The molecule has 0 aliphatic carbocycles. The molecule has 0 bridgehead atoms. The normalized spacial score (nSPS) is 20.5. The number of para-hydroxylation sites is 1. The number of carbonyl (C=O) groups excluding carboxylic acids is 1. The van der Waals surface area contributed by atoms with Crippen molar-refractivity contribution in [2.75, 3.05) is 43.1 Å². The first-order valence-corrected chi connectivity index (χ1v) is 8.76.